The number of nitrogens with one attached hydrogen (secondary N) is 1. The number of phenols is 1. The van der Waals surface area contributed by atoms with Crippen molar-refractivity contribution in [3.05, 3.63) is 58.7 Å². The fourth-order valence-electron chi connectivity index (χ4n) is 4.94. The molecule has 0 radical (unpaired) electrons. The first-order chi connectivity index (χ1) is 16.2. The summed E-state index contributed by atoms with van der Waals surface area (Å²) in [5.41, 5.74) is 4.84. The van der Waals surface area contributed by atoms with Gasteiger partial charge in [0.05, 0.1) is 6.61 Å². The largest absolute Gasteiger partial charge is 0.504 e. The molecule has 6 heteroatoms. The highest BCUT2D eigenvalue weighted by atomic mass is 16.5. The van der Waals surface area contributed by atoms with Crippen molar-refractivity contribution in [1.82, 2.24) is 15.1 Å². The first-order valence-corrected chi connectivity index (χ1v) is 12.7. The van der Waals surface area contributed by atoms with Crippen LogP contribution in [0.15, 0.2) is 36.4 Å². The van der Waals surface area contributed by atoms with Crippen LogP contribution < -0.4 is 10.1 Å². The standard InChI is InChI=1S/C28H41N3O3/c1-20(2)19-34-26-16-21(8-9-25(26)32)10-11-28(3,4)31-17-22-6-5-7-23(24(22)18-31)27(33)30-14-12-29-13-15-30/h5-9,16,20,27,29,32-33H,10-15,17-19H2,1-4H3. The number of fused-ring (bicyclic) bond motifs is 1. The van der Waals surface area contributed by atoms with Crippen LogP contribution in [0.25, 0.3) is 0 Å². The molecular weight excluding hydrogens is 426 g/mol. The molecule has 1 saturated heterocycles. The number of ether oxygens (including phenoxy) is 1. The topological polar surface area (TPSA) is 68.2 Å². The molecule has 3 N–H and O–H groups in total. The van der Waals surface area contributed by atoms with Crippen molar-refractivity contribution < 1.29 is 14.9 Å². The van der Waals surface area contributed by atoms with Crippen molar-refractivity contribution in [3.63, 3.8) is 0 Å². The number of phenolic OH excluding ortho intramolecular Hbond substituents is 1. The average molecular weight is 468 g/mol. The van der Waals surface area contributed by atoms with E-state index >= 15 is 0 Å². The van der Waals surface area contributed by atoms with Crippen LogP contribution in [0.5, 0.6) is 11.5 Å². The number of aliphatic hydroxyl groups excluding tert-OH is 1. The Bertz CT molecular complexity index is 969. The van der Waals surface area contributed by atoms with Gasteiger partial charge < -0.3 is 20.3 Å². The Kier molecular flexibility index (Phi) is 7.83. The number of piperazine rings is 1. The van der Waals surface area contributed by atoms with E-state index in [0.29, 0.717) is 18.3 Å². The second-order valence-electron chi connectivity index (χ2n) is 10.8. The summed E-state index contributed by atoms with van der Waals surface area (Å²) in [5, 5.41) is 24.6. The summed E-state index contributed by atoms with van der Waals surface area (Å²) in [7, 11) is 0. The molecule has 0 aliphatic carbocycles. The summed E-state index contributed by atoms with van der Waals surface area (Å²) < 4.78 is 5.81. The summed E-state index contributed by atoms with van der Waals surface area (Å²) in [5.74, 6) is 1.19. The van der Waals surface area contributed by atoms with Gasteiger partial charge in [-0.2, -0.15) is 0 Å². The first kappa shape index (κ1) is 25.0. The van der Waals surface area contributed by atoms with E-state index in [1.807, 2.05) is 12.1 Å². The molecule has 2 aliphatic rings. The van der Waals surface area contributed by atoms with Crippen LogP contribution in [0, 0.1) is 5.92 Å². The number of aliphatic hydroxyl groups is 1. The minimum atomic E-state index is -0.540. The van der Waals surface area contributed by atoms with Crippen molar-refractivity contribution in [2.24, 2.45) is 5.92 Å². The summed E-state index contributed by atoms with van der Waals surface area (Å²) >= 11 is 0. The van der Waals surface area contributed by atoms with Crippen LogP contribution in [-0.4, -0.2) is 58.3 Å². The van der Waals surface area contributed by atoms with Crippen molar-refractivity contribution >= 4 is 0 Å². The third kappa shape index (κ3) is 5.74. The molecule has 0 saturated carbocycles. The predicted octanol–water partition coefficient (Wildman–Crippen LogP) is 4.05. The van der Waals surface area contributed by atoms with Crippen LogP contribution in [0.4, 0.5) is 0 Å². The SMILES string of the molecule is CC(C)COc1cc(CCC(C)(C)N2Cc3cccc(C(O)N4CCNCC4)c3C2)ccc1O. The van der Waals surface area contributed by atoms with E-state index < -0.39 is 6.23 Å². The maximum atomic E-state index is 11.1. The highest BCUT2D eigenvalue weighted by Crippen LogP contribution is 2.37. The third-order valence-electron chi connectivity index (χ3n) is 7.27. The number of aromatic hydroxyl groups is 1. The molecule has 2 aliphatic heterocycles. The molecule has 1 unspecified atom stereocenters. The molecule has 2 heterocycles. The van der Waals surface area contributed by atoms with Gasteiger partial charge in [-0.3, -0.25) is 9.80 Å². The van der Waals surface area contributed by atoms with Gasteiger partial charge in [-0.1, -0.05) is 38.1 Å². The zero-order valence-corrected chi connectivity index (χ0v) is 21.2. The Hall–Kier alpha value is -2.12. The Morgan fingerprint density at radius 1 is 1.09 bits per heavy atom. The molecule has 6 nitrogen and oxygen atoms in total. The minimum Gasteiger partial charge on any atom is -0.504 e. The number of benzene rings is 2. The van der Waals surface area contributed by atoms with E-state index in [1.165, 1.54) is 16.7 Å². The maximum Gasteiger partial charge on any atom is 0.161 e. The van der Waals surface area contributed by atoms with Crippen LogP contribution in [0.2, 0.25) is 0 Å². The fraction of sp³-hybridized carbons (Fsp3) is 0.571. The third-order valence-corrected chi connectivity index (χ3v) is 7.27. The van der Waals surface area contributed by atoms with Gasteiger partial charge in [-0.15, -0.1) is 0 Å². The van der Waals surface area contributed by atoms with Crippen LogP contribution in [-0.2, 0) is 19.5 Å². The molecule has 4 rings (SSSR count). The van der Waals surface area contributed by atoms with Gasteiger partial charge in [0.25, 0.3) is 0 Å². The highest BCUT2D eigenvalue weighted by Gasteiger charge is 2.34. The van der Waals surface area contributed by atoms with E-state index in [9.17, 15) is 10.2 Å². The number of aryl methyl sites for hydroxylation is 1. The maximum absolute atomic E-state index is 11.1. The van der Waals surface area contributed by atoms with Gasteiger partial charge in [0.15, 0.2) is 11.5 Å². The predicted molar refractivity (Wildman–Crippen MR) is 136 cm³/mol. The molecule has 34 heavy (non-hydrogen) atoms. The lowest BCUT2D eigenvalue weighted by Gasteiger charge is -2.36. The van der Waals surface area contributed by atoms with Crippen LogP contribution in [0.3, 0.4) is 0 Å². The Labute approximate surface area is 204 Å². The molecule has 0 bridgehead atoms. The fourth-order valence-corrected chi connectivity index (χ4v) is 4.94. The van der Waals surface area contributed by atoms with Crippen LogP contribution >= 0.6 is 0 Å². The molecule has 186 valence electrons. The lowest BCUT2D eigenvalue weighted by Crippen LogP contribution is -2.45. The van der Waals surface area contributed by atoms with Crippen molar-refractivity contribution in [2.45, 2.75) is 65.4 Å². The van der Waals surface area contributed by atoms with Gasteiger partial charge in [0.1, 0.15) is 6.23 Å². The molecule has 1 fully saturated rings. The van der Waals surface area contributed by atoms with Gasteiger partial charge in [0.2, 0.25) is 0 Å². The zero-order valence-electron chi connectivity index (χ0n) is 21.2. The Morgan fingerprint density at radius 2 is 1.85 bits per heavy atom. The lowest BCUT2D eigenvalue weighted by molar-refractivity contribution is -0.00649. The molecular formula is C28H41N3O3. The van der Waals surface area contributed by atoms with E-state index in [1.54, 1.807) is 6.07 Å². The zero-order chi connectivity index (χ0) is 24.3. The van der Waals surface area contributed by atoms with Crippen molar-refractivity contribution in [2.75, 3.05) is 32.8 Å². The normalized spacial score (nSPS) is 18.3. The number of nitrogens with zero attached hydrogens (tertiary/aromatic N) is 2. The summed E-state index contributed by atoms with van der Waals surface area (Å²) in [6.45, 7) is 14.8. The second-order valence-corrected chi connectivity index (χ2v) is 10.8. The quantitative estimate of drug-likeness (QED) is 0.517. The van der Waals surface area contributed by atoms with E-state index in [2.05, 4.69) is 61.0 Å². The molecule has 1 atom stereocenters. The van der Waals surface area contributed by atoms with Crippen LogP contribution in [0.1, 0.15) is 62.6 Å². The molecule has 2 aromatic carbocycles. The first-order valence-electron chi connectivity index (χ1n) is 12.7. The van der Waals surface area contributed by atoms with E-state index in [4.69, 9.17) is 4.74 Å². The molecule has 0 amide bonds. The Morgan fingerprint density at radius 3 is 2.59 bits per heavy atom. The summed E-state index contributed by atoms with van der Waals surface area (Å²) in [4.78, 5) is 4.70. The summed E-state index contributed by atoms with van der Waals surface area (Å²) in [6.07, 6.45) is 1.36. The number of hydrogen-bond donors (Lipinski definition) is 3. The minimum absolute atomic E-state index is 0.00682. The smallest absolute Gasteiger partial charge is 0.161 e. The molecule has 2 aromatic rings. The highest BCUT2D eigenvalue weighted by molar-refractivity contribution is 5.42. The van der Waals surface area contributed by atoms with E-state index in [-0.39, 0.29) is 11.3 Å². The van der Waals surface area contributed by atoms with Gasteiger partial charge >= 0.3 is 0 Å². The van der Waals surface area contributed by atoms with Gasteiger partial charge in [0, 0.05) is 50.4 Å². The van der Waals surface area contributed by atoms with Gasteiger partial charge in [-0.25, -0.2) is 0 Å². The van der Waals surface area contributed by atoms with Crippen molar-refractivity contribution in [3.8, 4) is 11.5 Å². The monoisotopic (exact) mass is 467 g/mol. The van der Waals surface area contributed by atoms with E-state index in [0.717, 1.165) is 57.7 Å². The molecule has 0 aromatic heterocycles. The average Bonchev–Trinajstić information content (AvgIpc) is 3.28. The number of rotatable bonds is 9. The number of hydrogen-bond acceptors (Lipinski definition) is 6. The second kappa shape index (κ2) is 10.6. The van der Waals surface area contributed by atoms with Crippen molar-refractivity contribution in [1.29, 1.82) is 0 Å². The Balaban J connectivity index is 1.42. The molecule has 0 spiro atoms. The van der Waals surface area contributed by atoms with Gasteiger partial charge in [-0.05, 0) is 61.4 Å². The lowest BCUT2D eigenvalue weighted by atomic mass is 9.93. The summed E-state index contributed by atoms with van der Waals surface area (Å²) in [6, 6.07) is 12.1.